The van der Waals surface area contributed by atoms with E-state index in [1.165, 1.54) is 17.8 Å². The number of carbonyl (C=O) groups excluding carboxylic acids is 1. The first-order valence-electron chi connectivity index (χ1n) is 3.56. The zero-order valence-electron chi connectivity index (χ0n) is 6.89. The van der Waals surface area contributed by atoms with Crippen molar-refractivity contribution in [1.82, 2.24) is 0 Å². The smallest absolute Gasteiger partial charge is 0.189 e. The van der Waals surface area contributed by atoms with Crippen molar-refractivity contribution in [3.8, 4) is 0 Å². The van der Waals surface area contributed by atoms with Gasteiger partial charge in [-0.1, -0.05) is 11.8 Å². The van der Waals surface area contributed by atoms with Crippen LogP contribution in [-0.4, -0.2) is 30.5 Å². The molecular formula is C7H18BOPS. The van der Waals surface area contributed by atoms with Crippen LogP contribution in [0.25, 0.3) is 0 Å². The summed E-state index contributed by atoms with van der Waals surface area (Å²) in [6.07, 6.45) is 2.76. The van der Waals surface area contributed by atoms with E-state index in [9.17, 15) is 4.79 Å². The van der Waals surface area contributed by atoms with Gasteiger partial charge in [0, 0.05) is 19.2 Å². The lowest BCUT2D eigenvalue weighted by Gasteiger charge is -2.25. The maximum atomic E-state index is 10.7. The van der Waals surface area contributed by atoms with E-state index in [2.05, 4.69) is 13.8 Å². The molecule has 0 radical (unpaired) electrons. The maximum absolute atomic E-state index is 10.7. The number of carbonyl (C=O) groups is 1. The lowest BCUT2D eigenvalue weighted by Crippen LogP contribution is -2.02. The standard InChI is InChI=1S/C7H18BOPS/c1-4-10(8,5-2)6-11-7(3)9/h4-6H2,1-3,8H3. The van der Waals surface area contributed by atoms with E-state index in [-0.39, 0.29) is 0 Å². The Balaban J connectivity index is 3.78. The average molecular weight is 192 g/mol. The number of thioether (sulfide) groups is 1. The van der Waals surface area contributed by atoms with Crippen molar-refractivity contribution < 1.29 is 4.79 Å². The molecule has 0 atom stereocenters. The molecule has 0 bridgehead atoms. The van der Waals surface area contributed by atoms with Crippen LogP contribution >= 0.6 is 18.9 Å². The predicted octanol–water partition coefficient (Wildman–Crippen LogP) is 1.56. The van der Waals surface area contributed by atoms with Gasteiger partial charge in [-0.3, -0.25) is 4.79 Å². The van der Waals surface area contributed by atoms with Crippen LogP contribution in [0, 0.1) is 0 Å². The number of hydrogen-bond donors (Lipinski definition) is 0. The van der Waals surface area contributed by atoms with Crippen molar-refractivity contribution in [3.63, 3.8) is 0 Å². The molecule has 0 aliphatic carbocycles. The van der Waals surface area contributed by atoms with E-state index in [0.717, 1.165) is 0 Å². The largest absolute Gasteiger partial charge is 0.287 e. The van der Waals surface area contributed by atoms with E-state index in [1.54, 1.807) is 18.7 Å². The minimum absolute atomic E-state index is 0.302. The summed E-state index contributed by atoms with van der Waals surface area (Å²) in [4.78, 5) is 10.7. The van der Waals surface area contributed by atoms with Crippen LogP contribution < -0.4 is 0 Å². The fourth-order valence-electron chi connectivity index (χ4n) is 0.588. The molecule has 0 N–H and O–H groups in total. The molecule has 0 unspecified atom stereocenters. The van der Waals surface area contributed by atoms with Crippen LogP contribution in [-0.2, 0) is 4.79 Å². The van der Waals surface area contributed by atoms with Gasteiger partial charge in [0.25, 0.3) is 0 Å². The number of rotatable bonds is 4. The third kappa shape index (κ3) is 4.87. The summed E-state index contributed by atoms with van der Waals surface area (Å²) in [5, 5.41) is 0.302. The fraction of sp³-hybridized carbons (Fsp3) is 0.857. The summed E-state index contributed by atoms with van der Waals surface area (Å²) in [5.41, 5.74) is 1.19. The molecule has 0 spiro atoms. The summed E-state index contributed by atoms with van der Waals surface area (Å²) >= 11 is 1.56. The predicted molar refractivity (Wildman–Crippen MR) is 61.1 cm³/mol. The Labute approximate surface area is 75.4 Å². The molecule has 0 saturated heterocycles. The van der Waals surface area contributed by atoms with Crippen molar-refractivity contribution in [3.05, 3.63) is 0 Å². The Morgan fingerprint density at radius 2 is 1.91 bits per heavy atom. The highest BCUT2D eigenvalue weighted by atomic mass is 32.2. The van der Waals surface area contributed by atoms with Crippen LogP contribution in [0.3, 0.4) is 0 Å². The van der Waals surface area contributed by atoms with Crippen molar-refractivity contribution in [2.24, 2.45) is 0 Å². The first-order valence-corrected chi connectivity index (χ1v) is 6.44. The van der Waals surface area contributed by atoms with Gasteiger partial charge in [-0.15, -0.1) is 7.14 Å². The molecule has 0 rings (SSSR count). The molecule has 66 valence electrons. The summed E-state index contributed by atoms with van der Waals surface area (Å²) in [5.74, 6) is 0. The maximum Gasteiger partial charge on any atom is 0.189 e. The zero-order valence-corrected chi connectivity index (χ0v) is 8.60. The highest BCUT2D eigenvalue weighted by molar-refractivity contribution is 8.22. The molecule has 0 aromatic rings. The Morgan fingerprint density at radius 1 is 1.45 bits per heavy atom. The molecule has 0 amide bonds. The molecule has 0 saturated carbocycles. The van der Waals surface area contributed by atoms with Crippen LogP contribution in [0.4, 0.5) is 0 Å². The van der Waals surface area contributed by atoms with Crippen molar-refractivity contribution in [1.29, 1.82) is 0 Å². The van der Waals surface area contributed by atoms with Gasteiger partial charge in [0.05, 0.1) is 5.49 Å². The normalized spacial score (nSPS) is 11.6. The SMILES string of the molecule is [BH3-][P+](CC)(CC)CSC(C)=O. The molecule has 0 aliphatic heterocycles. The van der Waals surface area contributed by atoms with E-state index < -0.39 is 7.14 Å². The van der Waals surface area contributed by atoms with Gasteiger partial charge >= 0.3 is 0 Å². The molecule has 0 aromatic heterocycles. The van der Waals surface area contributed by atoms with E-state index >= 15 is 0 Å². The Kier molecular flexibility index (Phi) is 5.46. The highest BCUT2D eigenvalue weighted by Gasteiger charge is 2.19. The van der Waals surface area contributed by atoms with Crippen LogP contribution in [0.1, 0.15) is 20.8 Å². The lowest BCUT2D eigenvalue weighted by molar-refractivity contribution is -0.109. The molecule has 11 heavy (non-hydrogen) atoms. The average Bonchev–Trinajstić information content (AvgIpc) is 2.00. The first kappa shape index (κ1) is 11.5. The van der Waals surface area contributed by atoms with Crippen LogP contribution in [0.15, 0.2) is 0 Å². The molecule has 0 heterocycles. The Bertz CT molecular complexity index is 136. The third-order valence-electron chi connectivity index (χ3n) is 1.34. The molecule has 0 aromatic carbocycles. The molecule has 0 fully saturated rings. The fourth-order valence-corrected chi connectivity index (χ4v) is 3.95. The van der Waals surface area contributed by atoms with Crippen LogP contribution in [0.5, 0.6) is 0 Å². The monoisotopic (exact) mass is 192 g/mol. The van der Waals surface area contributed by atoms with Crippen molar-refractivity contribution in [2.75, 3.05) is 17.8 Å². The minimum atomic E-state index is -0.493. The van der Waals surface area contributed by atoms with Crippen LogP contribution in [0.2, 0.25) is 0 Å². The van der Waals surface area contributed by atoms with Crippen molar-refractivity contribution in [2.45, 2.75) is 20.8 Å². The van der Waals surface area contributed by atoms with E-state index in [1.807, 2.05) is 0 Å². The quantitative estimate of drug-likeness (QED) is 0.496. The first-order chi connectivity index (χ1) is 5.04. The third-order valence-corrected chi connectivity index (χ3v) is 5.52. The second-order valence-electron chi connectivity index (χ2n) is 2.07. The van der Waals surface area contributed by atoms with Gasteiger partial charge in [-0.25, -0.2) is 0 Å². The summed E-state index contributed by atoms with van der Waals surface area (Å²) in [6, 6.07) is 0. The topological polar surface area (TPSA) is 17.1 Å². The second kappa shape index (κ2) is 5.21. The molecule has 4 heteroatoms. The van der Waals surface area contributed by atoms with Crippen molar-refractivity contribution >= 4 is 31.6 Å². The summed E-state index contributed by atoms with van der Waals surface area (Å²) < 4.78 is 0. The van der Waals surface area contributed by atoms with Gasteiger partial charge in [-0.05, 0) is 13.8 Å². The highest BCUT2D eigenvalue weighted by Crippen LogP contribution is 2.55. The number of hydrogen-bond acceptors (Lipinski definition) is 2. The minimum Gasteiger partial charge on any atom is -0.287 e. The van der Waals surface area contributed by atoms with Gasteiger partial charge < -0.3 is 0 Å². The Morgan fingerprint density at radius 3 is 2.18 bits per heavy atom. The zero-order chi connectivity index (χ0) is 8.91. The summed E-state index contributed by atoms with van der Waals surface area (Å²) in [6.45, 7) is 6.27. The van der Waals surface area contributed by atoms with E-state index in [4.69, 9.17) is 0 Å². The lowest BCUT2D eigenvalue weighted by atomic mass is 10.7. The molecular weight excluding hydrogens is 174 g/mol. The van der Waals surface area contributed by atoms with Gasteiger partial charge in [0.15, 0.2) is 5.12 Å². The van der Waals surface area contributed by atoms with Gasteiger partial charge in [-0.2, -0.15) is 0 Å². The molecule has 0 aliphatic rings. The Hall–Kier alpha value is 0.515. The second-order valence-corrected chi connectivity index (χ2v) is 6.57. The van der Waals surface area contributed by atoms with E-state index in [0.29, 0.717) is 12.7 Å². The van der Waals surface area contributed by atoms with Gasteiger partial charge in [0.1, 0.15) is 7.57 Å². The summed E-state index contributed by atoms with van der Waals surface area (Å²) in [7, 11) is -0.00914. The molecule has 1 nitrogen and oxygen atoms in total. The van der Waals surface area contributed by atoms with Gasteiger partial charge in [0.2, 0.25) is 0 Å².